The Morgan fingerprint density at radius 3 is 1.97 bits per heavy atom. The lowest BCUT2D eigenvalue weighted by Crippen LogP contribution is -1.90. The number of fused-ring (bicyclic) bond motifs is 1. The van der Waals surface area contributed by atoms with Gasteiger partial charge in [-0.3, -0.25) is 0 Å². The molecule has 164 valence electrons. The van der Waals surface area contributed by atoms with Crippen LogP contribution in [0.25, 0.3) is 33.0 Å². The van der Waals surface area contributed by atoms with E-state index in [-0.39, 0.29) is 5.56 Å². The van der Waals surface area contributed by atoms with Crippen LogP contribution in [-0.4, -0.2) is 0 Å². The van der Waals surface area contributed by atoms with Crippen LogP contribution in [0.3, 0.4) is 0 Å². The van der Waals surface area contributed by atoms with Gasteiger partial charge >= 0.3 is 0 Å². The van der Waals surface area contributed by atoms with Gasteiger partial charge < -0.3 is 0 Å². The molecule has 0 saturated heterocycles. The lowest BCUT2D eigenvalue weighted by atomic mass is 9.96. The number of halogens is 3. The molecule has 4 aromatic carbocycles. The summed E-state index contributed by atoms with van der Waals surface area (Å²) in [5.74, 6) is -2.39. The molecule has 0 heterocycles. The van der Waals surface area contributed by atoms with Gasteiger partial charge in [0.15, 0.2) is 11.6 Å². The number of aryl methyl sites for hydroxylation is 1. The Hall–Kier alpha value is -3.07. The number of hydrogen-bond donors (Lipinski definition) is 0. The Labute approximate surface area is 187 Å². The van der Waals surface area contributed by atoms with Gasteiger partial charge in [-0.2, -0.15) is 0 Å². The summed E-state index contributed by atoms with van der Waals surface area (Å²) in [5.41, 5.74) is 3.57. The molecule has 0 spiro atoms. The van der Waals surface area contributed by atoms with Gasteiger partial charge in [-0.15, -0.1) is 0 Å². The van der Waals surface area contributed by atoms with E-state index < -0.39 is 17.5 Å². The second-order valence-electron chi connectivity index (χ2n) is 8.38. The average Bonchev–Trinajstić information content (AvgIpc) is 2.80. The minimum atomic E-state index is -0.985. The predicted molar refractivity (Wildman–Crippen MR) is 127 cm³/mol. The predicted octanol–water partition coefficient (Wildman–Crippen LogP) is 9.10. The topological polar surface area (TPSA) is 0 Å². The Bertz CT molecular complexity index is 1230. The molecule has 0 N–H and O–H groups in total. The highest BCUT2D eigenvalue weighted by Gasteiger charge is 2.11. The van der Waals surface area contributed by atoms with Crippen molar-refractivity contribution in [2.45, 2.75) is 45.4 Å². The molecule has 0 saturated carbocycles. The summed E-state index contributed by atoms with van der Waals surface area (Å²) in [5, 5.41) is 2.29. The van der Waals surface area contributed by atoms with Crippen LogP contribution >= 0.6 is 0 Å². The van der Waals surface area contributed by atoms with Gasteiger partial charge in [0.25, 0.3) is 0 Å². The van der Waals surface area contributed by atoms with Crippen molar-refractivity contribution >= 4 is 10.8 Å². The summed E-state index contributed by atoms with van der Waals surface area (Å²) in [7, 11) is 0. The number of hydrogen-bond acceptors (Lipinski definition) is 0. The van der Waals surface area contributed by atoms with E-state index in [1.54, 1.807) is 6.07 Å². The molecule has 0 aliphatic carbocycles. The van der Waals surface area contributed by atoms with Crippen LogP contribution in [0, 0.1) is 17.5 Å². The van der Waals surface area contributed by atoms with Crippen LogP contribution < -0.4 is 0 Å². The van der Waals surface area contributed by atoms with Crippen molar-refractivity contribution in [3.63, 3.8) is 0 Å². The third-order valence-electron chi connectivity index (χ3n) is 6.01. The van der Waals surface area contributed by atoms with Gasteiger partial charge in [-0.25, -0.2) is 13.2 Å². The summed E-state index contributed by atoms with van der Waals surface area (Å²) in [6, 6.07) is 21.0. The molecule has 4 rings (SSSR count). The zero-order valence-corrected chi connectivity index (χ0v) is 18.3. The molecule has 0 aromatic heterocycles. The maximum Gasteiger partial charge on any atom is 0.159 e. The lowest BCUT2D eigenvalue weighted by molar-refractivity contribution is 0.509. The van der Waals surface area contributed by atoms with Crippen molar-refractivity contribution in [3.05, 3.63) is 95.8 Å². The van der Waals surface area contributed by atoms with E-state index in [0.717, 1.165) is 35.1 Å². The van der Waals surface area contributed by atoms with Crippen LogP contribution in [0.2, 0.25) is 0 Å². The first-order valence-electron chi connectivity index (χ1n) is 11.3. The van der Waals surface area contributed by atoms with Crippen molar-refractivity contribution in [2.24, 2.45) is 0 Å². The molecule has 0 aliphatic rings. The van der Waals surface area contributed by atoms with Gasteiger partial charge in [0, 0.05) is 5.56 Å². The van der Waals surface area contributed by atoms with Crippen LogP contribution in [0.4, 0.5) is 13.2 Å². The van der Waals surface area contributed by atoms with Crippen molar-refractivity contribution in [1.82, 2.24) is 0 Å². The smallest absolute Gasteiger partial charge is 0.159 e. The third kappa shape index (κ3) is 5.04. The van der Waals surface area contributed by atoms with E-state index in [0.29, 0.717) is 5.56 Å². The van der Waals surface area contributed by atoms with Crippen molar-refractivity contribution in [1.29, 1.82) is 0 Å². The quantitative estimate of drug-likeness (QED) is 0.244. The van der Waals surface area contributed by atoms with Crippen LogP contribution in [0.15, 0.2) is 72.8 Å². The van der Waals surface area contributed by atoms with Crippen molar-refractivity contribution in [3.8, 4) is 22.3 Å². The molecule has 4 aromatic rings. The SMILES string of the molecule is CCCCCCCc1ccc2cc(-c3ccc(-c4ccc(F)c(F)c4)c(F)c3)ccc2c1. The molecule has 0 fully saturated rings. The van der Waals surface area contributed by atoms with E-state index >= 15 is 0 Å². The highest BCUT2D eigenvalue weighted by Crippen LogP contribution is 2.31. The molecule has 0 bridgehead atoms. The summed E-state index contributed by atoms with van der Waals surface area (Å²) in [6.45, 7) is 2.23. The number of rotatable bonds is 8. The highest BCUT2D eigenvalue weighted by atomic mass is 19.2. The first-order valence-corrected chi connectivity index (χ1v) is 11.3. The monoisotopic (exact) mass is 432 g/mol. The highest BCUT2D eigenvalue weighted by molar-refractivity contribution is 5.88. The minimum Gasteiger partial charge on any atom is -0.206 e. The molecule has 3 heteroatoms. The first-order chi connectivity index (χ1) is 15.5. The second-order valence-corrected chi connectivity index (χ2v) is 8.38. The largest absolute Gasteiger partial charge is 0.206 e. The molecule has 0 aliphatic heterocycles. The second kappa shape index (κ2) is 10.0. The Morgan fingerprint density at radius 2 is 1.19 bits per heavy atom. The summed E-state index contributed by atoms with van der Waals surface area (Å²) >= 11 is 0. The standard InChI is InChI=1S/C29H27F3/c1-2-3-4-5-6-7-20-8-9-22-17-23(11-10-21(22)16-20)24-12-14-26(28(31)18-24)25-13-15-27(30)29(32)19-25/h8-19H,2-7H2,1H3. The maximum atomic E-state index is 14.8. The fourth-order valence-electron chi connectivity index (χ4n) is 4.16. The molecule has 0 nitrogen and oxygen atoms in total. The fourth-order valence-corrected chi connectivity index (χ4v) is 4.16. The molecule has 32 heavy (non-hydrogen) atoms. The van der Waals surface area contributed by atoms with E-state index in [2.05, 4.69) is 37.3 Å². The lowest BCUT2D eigenvalue weighted by Gasteiger charge is -2.09. The van der Waals surface area contributed by atoms with E-state index in [4.69, 9.17) is 0 Å². The molecular formula is C29H27F3. The van der Waals surface area contributed by atoms with E-state index in [1.807, 2.05) is 12.1 Å². The molecular weight excluding hydrogens is 405 g/mol. The number of unbranched alkanes of at least 4 members (excludes halogenated alkanes) is 4. The Morgan fingerprint density at radius 1 is 0.531 bits per heavy atom. The Kier molecular flexibility index (Phi) is 6.94. The molecule has 0 radical (unpaired) electrons. The number of benzene rings is 4. The summed E-state index contributed by atoms with van der Waals surface area (Å²) < 4.78 is 41.5. The minimum absolute atomic E-state index is 0.247. The van der Waals surface area contributed by atoms with Crippen LogP contribution in [0.1, 0.15) is 44.6 Å². The van der Waals surface area contributed by atoms with Gasteiger partial charge in [0.1, 0.15) is 5.82 Å². The molecule has 0 unspecified atom stereocenters. The summed E-state index contributed by atoms with van der Waals surface area (Å²) in [6.07, 6.45) is 7.46. The average molecular weight is 433 g/mol. The molecule has 0 atom stereocenters. The van der Waals surface area contributed by atoms with E-state index in [1.165, 1.54) is 55.2 Å². The fraction of sp³-hybridized carbons (Fsp3) is 0.241. The zero-order chi connectivity index (χ0) is 22.5. The Balaban J connectivity index is 1.53. The third-order valence-corrected chi connectivity index (χ3v) is 6.01. The van der Waals surface area contributed by atoms with Crippen LogP contribution in [0.5, 0.6) is 0 Å². The van der Waals surface area contributed by atoms with Crippen molar-refractivity contribution < 1.29 is 13.2 Å². The zero-order valence-electron chi connectivity index (χ0n) is 18.3. The van der Waals surface area contributed by atoms with Gasteiger partial charge in [0.05, 0.1) is 0 Å². The van der Waals surface area contributed by atoms with Crippen LogP contribution in [-0.2, 0) is 6.42 Å². The van der Waals surface area contributed by atoms with E-state index in [9.17, 15) is 13.2 Å². The summed E-state index contributed by atoms with van der Waals surface area (Å²) in [4.78, 5) is 0. The maximum absolute atomic E-state index is 14.8. The van der Waals surface area contributed by atoms with Gasteiger partial charge in [0.2, 0.25) is 0 Å². The first kappa shape index (κ1) is 22.1. The normalized spacial score (nSPS) is 11.2. The van der Waals surface area contributed by atoms with Gasteiger partial charge in [-0.05, 0) is 70.1 Å². The molecule has 0 amide bonds. The van der Waals surface area contributed by atoms with Gasteiger partial charge in [-0.1, -0.05) is 81.1 Å². The van der Waals surface area contributed by atoms with Crippen molar-refractivity contribution in [2.75, 3.05) is 0 Å².